The summed E-state index contributed by atoms with van der Waals surface area (Å²) in [5.74, 6) is 5.51. The molecule has 18 heavy (non-hydrogen) atoms. The van der Waals surface area contributed by atoms with Crippen molar-refractivity contribution in [2.75, 3.05) is 6.61 Å². The molecule has 0 aliphatic carbocycles. The molecule has 1 rings (SSSR count). The molecule has 0 aromatic carbocycles. The van der Waals surface area contributed by atoms with Gasteiger partial charge in [-0.15, -0.1) is 11.3 Å². The molecule has 2 N–H and O–H groups in total. The summed E-state index contributed by atoms with van der Waals surface area (Å²) in [5.41, 5.74) is 0.895. The fourth-order valence-corrected chi connectivity index (χ4v) is 2.17. The molecule has 4 heteroatoms. The Kier molecular flexibility index (Phi) is 5.39. The summed E-state index contributed by atoms with van der Waals surface area (Å²) in [7, 11) is 0. The Morgan fingerprint density at radius 3 is 2.83 bits per heavy atom. The number of rotatable bonds is 3. The maximum absolute atomic E-state index is 11.6. The highest BCUT2D eigenvalue weighted by Gasteiger charge is 2.15. The third-order valence-electron chi connectivity index (χ3n) is 2.12. The third kappa shape index (κ3) is 5.85. The van der Waals surface area contributed by atoms with E-state index in [1.165, 1.54) is 0 Å². The van der Waals surface area contributed by atoms with Gasteiger partial charge in [0.2, 0.25) is 5.91 Å². The number of carbonyl (C=O) groups is 1. The van der Waals surface area contributed by atoms with Gasteiger partial charge in [0.25, 0.3) is 0 Å². The van der Waals surface area contributed by atoms with Gasteiger partial charge in [0.15, 0.2) is 0 Å². The lowest BCUT2D eigenvalue weighted by Gasteiger charge is -2.16. The van der Waals surface area contributed by atoms with Crippen LogP contribution in [0.4, 0.5) is 0 Å². The molecule has 0 radical (unpaired) electrons. The predicted molar refractivity (Wildman–Crippen MR) is 74.2 cm³/mol. The number of hydrogen-bond acceptors (Lipinski definition) is 3. The molecule has 1 heterocycles. The summed E-state index contributed by atoms with van der Waals surface area (Å²) in [6, 6.07) is 1.94. The number of hydrogen-bond donors (Lipinski definition) is 2. The third-order valence-corrected chi connectivity index (χ3v) is 3.05. The number of carbonyl (C=O) groups excluding carboxylic acids is 1. The Hall–Kier alpha value is -1.31. The Morgan fingerprint density at radius 2 is 2.22 bits per heavy atom. The topological polar surface area (TPSA) is 49.3 Å². The van der Waals surface area contributed by atoms with Crippen molar-refractivity contribution in [3.8, 4) is 11.8 Å². The first-order valence-electron chi connectivity index (χ1n) is 5.84. The standard InChI is InChI=1S/C14H19NO2S/c1-14(2,3)8-13(17)15-9-12-7-11(10-18-12)5-4-6-16/h7,10,16H,6,8-9H2,1-3H3,(H,15,17). The molecule has 0 saturated carbocycles. The van der Waals surface area contributed by atoms with Gasteiger partial charge in [-0.2, -0.15) is 0 Å². The van der Waals surface area contributed by atoms with E-state index in [1.54, 1.807) is 11.3 Å². The molecule has 0 atom stereocenters. The van der Waals surface area contributed by atoms with E-state index in [0.29, 0.717) is 13.0 Å². The minimum atomic E-state index is -0.131. The molecule has 0 saturated heterocycles. The van der Waals surface area contributed by atoms with E-state index in [1.807, 2.05) is 32.2 Å². The second kappa shape index (κ2) is 6.58. The lowest BCUT2D eigenvalue weighted by Crippen LogP contribution is -2.26. The molecule has 0 aliphatic heterocycles. The average Bonchev–Trinajstić information content (AvgIpc) is 2.69. The average molecular weight is 265 g/mol. The van der Waals surface area contributed by atoms with Crippen molar-refractivity contribution in [1.29, 1.82) is 0 Å². The number of nitrogens with one attached hydrogen (secondary N) is 1. The number of aliphatic hydroxyl groups is 1. The summed E-state index contributed by atoms with van der Waals surface area (Å²) in [6.07, 6.45) is 0.523. The number of amides is 1. The van der Waals surface area contributed by atoms with E-state index in [-0.39, 0.29) is 17.9 Å². The van der Waals surface area contributed by atoms with Crippen LogP contribution >= 0.6 is 11.3 Å². The van der Waals surface area contributed by atoms with Crippen molar-refractivity contribution < 1.29 is 9.90 Å². The van der Waals surface area contributed by atoms with E-state index >= 15 is 0 Å². The van der Waals surface area contributed by atoms with Crippen molar-refractivity contribution in [3.05, 3.63) is 21.9 Å². The van der Waals surface area contributed by atoms with Crippen molar-refractivity contribution >= 4 is 17.2 Å². The Bertz CT molecular complexity index is 460. The van der Waals surface area contributed by atoms with Crippen LogP contribution in [0.2, 0.25) is 0 Å². The largest absolute Gasteiger partial charge is 0.384 e. The van der Waals surface area contributed by atoms with Crippen LogP contribution in [0.3, 0.4) is 0 Å². The van der Waals surface area contributed by atoms with Crippen LogP contribution in [0.5, 0.6) is 0 Å². The van der Waals surface area contributed by atoms with Crippen molar-refractivity contribution in [2.45, 2.75) is 33.7 Å². The second-order valence-corrected chi connectivity index (χ2v) is 6.27. The molecule has 98 valence electrons. The summed E-state index contributed by atoms with van der Waals surface area (Å²) in [5, 5.41) is 13.4. The zero-order chi connectivity index (χ0) is 13.6. The zero-order valence-electron chi connectivity index (χ0n) is 11.0. The summed E-state index contributed by atoms with van der Waals surface area (Å²) in [6.45, 7) is 6.54. The van der Waals surface area contributed by atoms with Gasteiger partial charge < -0.3 is 10.4 Å². The van der Waals surface area contributed by atoms with Gasteiger partial charge in [-0.1, -0.05) is 32.6 Å². The molecular formula is C14H19NO2S. The van der Waals surface area contributed by atoms with Crippen LogP contribution in [0.1, 0.15) is 37.6 Å². The highest BCUT2D eigenvalue weighted by Crippen LogP contribution is 2.18. The maximum Gasteiger partial charge on any atom is 0.220 e. The van der Waals surface area contributed by atoms with E-state index in [9.17, 15) is 4.79 Å². The minimum Gasteiger partial charge on any atom is -0.384 e. The minimum absolute atomic E-state index is 0.0112. The maximum atomic E-state index is 11.6. The fraction of sp³-hybridized carbons (Fsp3) is 0.500. The van der Waals surface area contributed by atoms with Crippen molar-refractivity contribution in [2.24, 2.45) is 5.41 Å². The lowest BCUT2D eigenvalue weighted by molar-refractivity contribution is -0.122. The van der Waals surface area contributed by atoms with Crippen molar-refractivity contribution in [1.82, 2.24) is 5.32 Å². The van der Waals surface area contributed by atoms with Crippen LogP contribution in [0.15, 0.2) is 11.4 Å². The predicted octanol–water partition coefficient (Wildman–Crippen LogP) is 2.14. The summed E-state index contributed by atoms with van der Waals surface area (Å²) in [4.78, 5) is 12.7. The van der Waals surface area contributed by atoms with Crippen LogP contribution in [0.25, 0.3) is 0 Å². The molecule has 0 aliphatic rings. The summed E-state index contributed by atoms with van der Waals surface area (Å²) >= 11 is 1.56. The van der Waals surface area contributed by atoms with E-state index in [2.05, 4.69) is 17.2 Å². The second-order valence-electron chi connectivity index (χ2n) is 5.28. The van der Waals surface area contributed by atoms with Crippen LogP contribution < -0.4 is 5.32 Å². The van der Waals surface area contributed by atoms with Crippen LogP contribution in [-0.2, 0) is 11.3 Å². The highest BCUT2D eigenvalue weighted by atomic mass is 32.1. The number of thiophene rings is 1. The first kappa shape index (κ1) is 14.7. The Labute approximate surface area is 112 Å². The van der Waals surface area contributed by atoms with Crippen LogP contribution in [0, 0.1) is 17.3 Å². The molecule has 0 unspecified atom stereocenters. The molecule has 0 fully saturated rings. The molecule has 0 spiro atoms. The molecule has 0 bridgehead atoms. The van der Waals surface area contributed by atoms with Gasteiger partial charge in [0.1, 0.15) is 6.61 Å². The fourth-order valence-electron chi connectivity index (χ4n) is 1.41. The quantitative estimate of drug-likeness (QED) is 0.823. The SMILES string of the molecule is CC(C)(C)CC(=O)NCc1cc(C#CCO)cs1. The molecule has 1 aromatic rings. The van der Waals surface area contributed by atoms with Crippen molar-refractivity contribution in [3.63, 3.8) is 0 Å². The van der Waals surface area contributed by atoms with E-state index in [0.717, 1.165) is 10.4 Å². The van der Waals surface area contributed by atoms with Gasteiger partial charge in [-0.05, 0) is 11.5 Å². The van der Waals surface area contributed by atoms with Gasteiger partial charge in [-0.3, -0.25) is 4.79 Å². The van der Waals surface area contributed by atoms with E-state index < -0.39 is 0 Å². The Morgan fingerprint density at radius 1 is 1.50 bits per heavy atom. The van der Waals surface area contributed by atoms with Gasteiger partial charge in [0, 0.05) is 22.2 Å². The normalized spacial score (nSPS) is 10.7. The highest BCUT2D eigenvalue weighted by molar-refractivity contribution is 7.10. The monoisotopic (exact) mass is 265 g/mol. The van der Waals surface area contributed by atoms with Gasteiger partial charge in [0.05, 0.1) is 6.54 Å². The molecule has 1 amide bonds. The summed E-state index contributed by atoms with van der Waals surface area (Å²) < 4.78 is 0. The van der Waals surface area contributed by atoms with Crippen LogP contribution in [-0.4, -0.2) is 17.6 Å². The first-order chi connectivity index (χ1) is 8.40. The lowest BCUT2D eigenvalue weighted by atomic mass is 9.92. The number of aliphatic hydroxyl groups excluding tert-OH is 1. The molecule has 1 aromatic heterocycles. The van der Waals surface area contributed by atoms with E-state index in [4.69, 9.17) is 5.11 Å². The molecule has 3 nitrogen and oxygen atoms in total. The Balaban J connectivity index is 2.44. The van der Waals surface area contributed by atoms with Gasteiger partial charge in [-0.25, -0.2) is 0 Å². The zero-order valence-corrected chi connectivity index (χ0v) is 11.9. The first-order valence-corrected chi connectivity index (χ1v) is 6.72. The smallest absolute Gasteiger partial charge is 0.220 e. The van der Waals surface area contributed by atoms with Gasteiger partial charge >= 0.3 is 0 Å². The molecular weight excluding hydrogens is 246 g/mol.